The molecule has 0 unspecified atom stereocenters. The molecule has 1 aromatic carbocycles. The van der Waals surface area contributed by atoms with E-state index in [9.17, 15) is 0 Å². The molecule has 1 rings (SSSR count). The van der Waals surface area contributed by atoms with E-state index in [1.165, 1.54) is 16.1 Å². The highest BCUT2D eigenvalue weighted by Gasteiger charge is 2.23. The van der Waals surface area contributed by atoms with Crippen molar-refractivity contribution < 1.29 is 0 Å². The summed E-state index contributed by atoms with van der Waals surface area (Å²) in [6.45, 7) is 7.99. The summed E-state index contributed by atoms with van der Waals surface area (Å²) in [5.41, 5.74) is 0. The first-order valence-electron chi connectivity index (χ1n) is 5.28. The molecule has 0 radical (unpaired) electrons. The molecule has 0 fully saturated rings. The second-order valence-electron chi connectivity index (χ2n) is 4.50. The van der Waals surface area contributed by atoms with Crippen LogP contribution in [-0.2, 0) is 0 Å². The predicted molar refractivity (Wildman–Crippen MR) is 80.7 cm³/mol. The molecular formula is C11H18ClNS2Si. The molecule has 16 heavy (non-hydrogen) atoms. The summed E-state index contributed by atoms with van der Waals surface area (Å²) < 4.78 is 2.34. The van der Waals surface area contributed by atoms with Gasteiger partial charge in [-0.05, 0) is 22.8 Å². The summed E-state index contributed by atoms with van der Waals surface area (Å²) in [7, 11) is 4.63. The number of hydrogen-bond acceptors (Lipinski definition) is 3. The molecule has 90 valence electrons. The van der Waals surface area contributed by atoms with Crippen molar-refractivity contribution in [3.63, 3.8) is 0 Å². The summed E-state index contributed by atoms with van der Waals surface area (Å²) in [6.07, 6.45) is 0. The molecule has 5 heteroatoms. The van der Waals surface area contributed by atoms with Crippen molar-refractivity contribution >= 4 is 41.8 Å². The van der Waals surface area contributed by atoms with Crippen molar-refractivity contribution in [1.82, 2.24) is 3.97 Å². The average molecular weight is 292 g/mol. The van der Waals surface area contributed by atoms with Gasteiger partial charge >= 0.3 is 0 Å². The Balaban J connectivity index is 2.35. The fourth-order valence-electron chi connectivity index (χ4n) is 1.24. The zero-order valence-electron chi connectivity index (χ0n) is 9.94. The van der Waals surface area contributed by atoms with E-state index in [2.05, 4.69) is 47.9 Å². The number of thioether (sulfide) groups is 1. The largest absolute Gasteiger partial charge is 0.258 e. The Morgan fingerprint density at radius 1 is 1.19 bits per heavy atom. The highest BCUT2D eigenvalue weighted by Crippen LogP contribution is 2.25. The second-order valence-corrected chi connectivity index (χ2v) is 11.9. The molecule has 0 amide bonds. The summed E-state index contributed by atoms with van der Waals surface area (Å²) in [5, 5.41) is 0. The zero-order chi connectivity index (χ0) is 12.0. The van der Waals surface area contributed by atoms with Gasteiger partial charge in [-0.1, -0.05) is 37.8 Å². The van der Waals surface area contributed by atoms with Crippen LogP contribution in [0.25, 0.3) is 0 Å². The van der Waals surface area contributed by atoms with Gasteiger partial charge in [0.15, 0.2) is 0 Å². The molecule has 0 heterocycles. The highest BCUT2D eigenvalue weighted by molar-refractivity contribution is 8.20. The van der Waals surface area contributed by atoms with Crippen LogP contribution < -0.4 is 0 Å². The van der Waals surface area contributed by atoms with Crippen LogP contribution in [0.1, 0.15) is 0 Å². The van der Waals surface area contributed by atoms with E-state index in [0.29, 0.717) is 0 Å². The number of hydrogen-bond donors (Lipinski definition) is 0. The Morgan fingerprint density at radius 3 is 2.31 bits per heavy atom. The smallest absolute Gasteiger partial charge is 0.132 e. The lowest BCUT2D eigenvalue weighted by molar-refractivity contribution is 0.731. The van der Waals surface area contributed by atoms with E-state index in [0.717, 1.165) is 12.3 Å². The molecular weight excluding hydrogens is 274 g/mol. The van der Waals surface area contributed by atoms with Gasteiger partial charge in [-0.2, -0.15) is 0 Å². The maximum Gasteiger partial charge on any atom is 0.132 e. The second kappa shape index (κ2) is 6.96. The van der Waals surface area contributed by atoms with E-state index in [-0.39, 0.29) is 0 Å². The van der Waals surface area contributed by atoms with Gasteiger partial charge in [0, 0.05) is 28.4 Å². The molecule has 0 saturated carbocycles. The fourth-order valence-corrected chi connectivity index (χ4v) is 6.21. The summed E-state index contributed by atoms with van der Waals surface area (Å²) >= 11 is 3.25. The lowest BCUT2D eigenvalue weighted by Crippen LogP contribution is -2.41. The van der Waals surface area contributed by atoms with Crippen LogP contribution in [0.4, 0.5) is 0 Å². The quantitative estimate of drug-likeness (QED) is 0.424. The predicted octanol–water partition coefficient (Wildman–Crippen LogP) is 4.72. The lowest BCUT2D eigenvalue weighted by Gasteiger charge is -2.29. The van der Waals surface area contributed by atoms with Gasteiger partial charge in [0.05, 0.1) is 0 Å². The third kappa shape index (κ3) is 5.14. The van der Waals surface area contributed by atoms with Gasteiger partial charge in [0.2, 0.25) is 0 Å². The van der Waals surface area contributed by atoms with Crippen LogP contribution in [0.2, 0.25) is 19.6 Å². The minimum atomic E-state index is -1.27. The van der Waals surface area contributed by atoms with Gasteiger partial charge in [0.1, 0.15) is 8.24 Å². The topological polar surface area (TPSA) is 3.24 Å². The summed E-state index contributed by atoms with van der Waals surface area (Å²) in [6, 6.07) is 10.5. The first-order chi connectivity index (χ1) is 7.54. The normalized spacial score (nSPS) is 12.1. The number of benzene rings is 1. The van der Waals surface area contributed by atoms with Crippen LogP contribution in [0.15, 0.2) is 35.2 Å². The van der Waals surface area contributed by atoms with Crippen molar-refractivity contribution in [3.05, 3.63) is 30.3 Å². The van der Waals surface area contributed by atoms with Crippen molar-refractivity contribution in [2.24, 2.45) is 0 Å². The minimum Gasteiger partial charge on any atom is -0.258 e. The average Bonchev–Trinajstić information content (AvgIpc) is 2.24. The molecule has 1 nitrogen and oxygen atoms in total. The fraction of sp³-hybridized carbons (Fsp3) is 0.455. The van der Waals surface area contributed by atoms with Gasteiger partial charge in [-0.15, -0.1) is 11.8 Å². The van der Waals surface area contributed by atoms with Crippen LogP contribution in [0.5, 0.6) is 0 Å². The van der Waals surface area contributed by atoms with Gasteiger partial charge in [-0.3, -0.25) is 3.97 Å². The molecule has 0 spiro atoms. The van der Waals surface area contributed by atoms with Gasteiger partial charge in [-0.25, -0.2) is 0 Å². The molecule has 0 aliphatic heterocycles. The van der Waals surface area contributed by atoms with Crippen molar-refractivity contribution in [2.75, 3.05) is 12.3 Å². The van der Waals surface area contributed by atoms with E-state index < -0.39 is 8.24 Å². The summed E-state index contributed by atoms with van der Waals surface area (Å²) in [4.78, 5) is 1.33. The molecule has 1 aromatic rings. The van der Waals surface area contributed by atoms with Crippen LogP contribution in [0, 0.1) is 0 Å². The molecule has 0 aromatic heterocycles. The van der Waals surface area contributed by atoms with Crippen LogP contribution >= 0.6 is 33.6 Å². The van der Waals surface area contributed by atoms with Crippen LogP contribution in [-0.4, -0.2) is 24.5 Å². The van der Waals surface area contributed by atoms with Gasteiger partial charge in [0.25, 0.3) is 0 Å². The third-order valence-corrected chi connectivity index (χ3v) is 7.96. The Morgan fingerprint density at radius 2 is 1.81 bits per heavy atom. The lowest BCUT2D eigenvalue weighted by atomic mass is 10.4. The molecule has 0 N–H and O–H groups in total. The van der Waals surface area contributed by atoms with Crippen molar-refractivity contribution in [3.8, 4) is 0 Å². The van der Waals surface area contributed by atoms with E-state index >= 15 is 0 Å². The number of nitrogens with zero attached hydrogens (tertiary/aromatic N) is 1. The first kappa shape index (κ1) is 14.4. The van der Waals surface area contributed by atoms with Crippen molar-refractivity contribution in [1.29, 1.82) is 0 Å². The molecule has 0 atom stereocenters. The molecule has 0 aliphatic rings. The molecule has 0 aliphatic carbocycles. The minimum absolute atomic E-state index is 1.05. The van der Waals surface area contributed by atoms with Crippen LogP contribution in [0.3, 0.4) is 0 Å². The maximum atomic E-state index is 5.90. The number of halogens is 1. The third-order valence-electron chi connectivity index (χ3n) is 2.14. The Bertz CT molecular complexity index is 303. The highest BCUT2D eigenvalue weighted by atomic mass is 35.7. The monoisotopic (exact) mass is 291 g/mol. The Kier molecular flexibility index (Phi) is 6.29. The Labute approximate surface area is 113 Å². The van der Waals surface area contributed by atoms with Crippen molar-refractivity contribution in [2.45, 2.75) is 24.5 Å². The maximum absolute atomic E-state index is 5.90. The Hall–Kier alpha value is 0.387. The molecule has 0 bridgehead atoms. The summed E-state index contributed by atoms with van der Waals surface area (Å²) in [5.74, 6) is 1.09. The van der Waals surface area contributed by atoms with Gasteiger partial charge < -0.3 is 0 Å². The first-order valence-corrected chi connectivity index (χ1v) is 11.3. The number of rotatable bonds is 6. The zero-order valence-corrected chi connectivity index (χ0v) is 13.3. The van der Waals surface area contributed by atoms with E-state index in [1.807, 2.05) is 17.8 Å². The van der Waals surface area contributed by atoms with E-state index in [1.54, 1.807) is 0 Å². The molecule has 0 saturated heterocycles. The SMILES string of the molecule is C[Si](C)(C)N(CCSc1ccccc1)SCl. The standard InChI is InChI=1S/C11H18ClNS2Si/c1-16(2,3)13(15-12)9-10-14-11-7-5-4-6-8-11/h4-8H,9-10H2,1-3H3. The van der Waals surface area contributed by atoms with E-state index in [4.69, 9.17) is 10.7 Å².